The quantitative estimate of drug-likeness (QED) is 0.0374. The van der Waals surface area contributed by atoms with E-state index in [4.69, 9.17) is 9.47 Å². The Kier molecular flexibility index (Phi) is 54.9. The number of aliphatic hydroxyl groups is 1. The van der Waals surface area contributed by atoms with E-state index in [9.17, 15) is 14.7 Å². The smallest absolute Gasteiger partial charge is 0.306 e. The molecule has 5 heteroatoms. The summed E-state index contributed by atoms with van der Waals surface area (Å²) in [5.41, 5.74) is 0. The van der Waals surface area contributed by atoms with Crippen molar-refractivity contribution in [3.63, 3.8) is 0 Å². The van der Waals surface area contributed by atoms with Gasteiger partial charge in [-0.2, -0.15) is 0 Å². The SMILES string of the molecule is CC/C=C\C/C=C\C/C=C\C/C=C\C/C=C\C/C=C\C/C=C\CCCCCC(=O)OC(CO)COC(=O)CCCCCCCCCCCCCCCCCCC/C=C\C/C=C\CCCCCCC. The first-order valence-corrected chi connectivity index (χ1v) is 28.4. The minimum atomic E-state index is -0.797. The normalized spacial score (nSPS) is 13.0. The maximum absolute atomic E-state index is 12.3. The van der Waals surface area contributed by atoms with E-state index in [2.05, 4.69) is 123 Å². The van der Waals surface area contributed by atoms with Gasteiger partial charge in [0.15, 0.2) is 6.10 Å². The van der Waals surface area contributed by atoms with Crippen LogP contribution in [0, 0.1) is 0 Å². The van der Waals surface area contributed by atoms with Crippen molar-refractivity contribution >= 4 is 11.9 Å². The fraction of sp³-hybridized carbons (Fsp3) is 0.683. The average molecular weight is 944 g/mol. The number of aliphatic hydroxyl groups excluding tert-OH is 1. The number of esters is 2. The van der Waals surface area contributed by atoms with Gasteiger partial charge in [-0.15, -0.1) is 0 Å². The van der Waals surface area contributed by atoms with Gasteiger partial charge in [-0.3, -0.25) is 9.59 Å². The number of hydrogen-bond acceptors (Lipinski definition) is 5. The molecule has 0 fully saturated rings. The standard InChI is InChI=1S/C63H106O5/c1-3-5-7-9-11-13-15-17-19-21-23-25-27-29-30-31-32-34-35-37-39-41-43-45-47-49-51-53-55-57-62(65)67-60-61(59-64)68-63(66)58-56-54-52-50-48-46-44-42-40-38-36-33-28-26-24-22-20-18-16-14-12-10-8-6-4-2/h6,8,12,14-15,17-18,20-21,23-24,26,33,36,40,42,46,48,61,64H,3-5,7,9-11,13,16,19,22,25,27-32,34-35,37-39,41,43-45,47,49-60H2,1-2H3/b8-6-,14-12-,17-15-,20-18-,23-21-,26-24-,36-33-,42-40-,48-46-. The lowest BCUT2D eigenvalue weighted by Crippen LogP contribution is -2.28. The molecule has 0 radical (unpaired) electrons. The van der Waals surface area contributed by atoms with Crippen LogP contribution in [-0.4, -0.2) is 36.4 Å². The molecule has 0 aliphatic carbocycles. The number of carbonyl (C=O) groups excluding carboxylic acids is 2. The number of hydrogen-bond donors (Lipinski definition) is 1. The van der Waals surface area contributed by atoms with Crippen molar-refractivity contribution in [3.05, 3.63) is 109 Å². The highest BCUT2D eigenvalue weighted by Gasteiger charge is 2.16. The van der Waals surface area contributed by atoms with E-state index in [0.717, 1.165) is 96.3 Å². The van der Waals surface area contributed by atoms with Crippen molar-refractivity contribution in [2.24, 2.45) is 0 Å². The molecular weight excluding hydrogens is 837 g/mol. The van der Waals surface area contributed by atoms with Crippen molar-refractivity contribution in [2.75, 3.05) is 13.2 Å². The summed E-state index contributed by atoms with van der Waals surface area (Å²) in [6.45, 7) is 4.00. The summed E-state index contributed by atoms with van der Waals surface area (Å²) in [4.78, 5) is 24.5. The van der Waals surface area contributed by atoms with Crippen molar-refractivity contribution in [1.29, 1.82) is 0 Å². The molecule has 0 aromatic carbocycles. The maximum Gasteiger partial charge on any atom is 0.306 e. The summed E-state index contributed by atoms with van der Waals surface area (Å²) in [7, 11) is 0. The first kappa shape index (κ1) is 64.6. The second-order valence-corrected chi connectivity index (χ2v) is 18.6. The lowest BCUT2D eigenvalue weighted by Gasteiger charge is -2.15. The molecule has 388 valence electrons. The van der Waals surface area contributed by atoms with Gasteiger partial charge >= 0.3 is 11.9 Å². The van der Waals surface area contributed by atoms with Crippen LogP contribution < -0.4 is 0 Å². The molecular formula is C63H106O5. The van der Waals surface area contributed by atoms with E-state index in [1.807, 2.05) is 0 Å². The van der Waals surface area contributed by atoms with Crippen LogP contribution in [-0.2, 0) is 19.1 Å². The molecule has 0 aliphatic heterocycles. The monoisotopic (exact) mass is 943 g/mol. The fourth-order valence-corrected chi connectivity index (χ4v) is 7.80. The molecule has 1 atom stereocenters. The molecule has 0 aliphatic rings. The Balaban J connectivity index is 3.56. The lowest BCUT2D eigenvalue weighted by atomic mass is 10.0. The summed E-state index contributed by atoms with van der Waals surface area (Å²) in [5.74, 6) is -0.629. The van der Waals surface area contributed by atoms with Gasteiger partial charge in [0.05, 0.1) is 6.61 Å². The summed E-state index contributed by atoms with van der Waals surface area (Å²) in [5, 5.41) is 9.65. The van der Waals surface area contributed by atoms with Gasteiger partial charge in [-0.25, -0.2) is 0 Å². The van der Waals surface area contributed by atoms with Gasteiger partial charge in [-0.05, 0) is 103 Å². The summed E-state index contributed by atoms with van der Waals surface area (Å²) in [6.07, 6.45) is 83.4. The second-order valence-electron chi connectivity index (χ2n) is 18.6. The van der Waals surface area contributed by atoms with E-state index in [-0.39, 0.29) is 25.2 Å². The van der Waals surface area contributed by atoms with E-state index in [0.29, 0.717) is 12.8 Å². The highest BCUT2D eigenvalue weighted by atomic mass is 16.6. The van der Waals surface area contributed by atoms with Crippen LogP contribution in [0.4, 0.5) is 0 Å². The largest absolute Gasteiger partial charge is 0.462 e. The molecule has 0 bridgehead atoms. The average Bonchev–Trinajstić information content (AvgIpc) is 3.34. The third-order valence-corrected chi connectivity index (χ3v) is 12.1. The summed E-state index contributed by atoms with van der Waals surface area (Å²) in [6, 6.07) is 0. The van der Waals surface area contributed by atoms with Gasteiger partial charge in [0.25, 0.3) is 0 Å². The number of unbranched alkanes of at least 4 members (excludes halogenated alkanes) is 25. The zero-order valence-corrected chi connectivity index (χ0v) is 44.3. The van der Waals surface area contributed by atoms with E-state index < -0.39 is 6.10 Å². The Morgan fingerprint density at radius 2 is 0.632 bits per heavy atom. The fourth-order valence-electron chi connectivity index (χ4n) is 7.80. The third kappa shape index (κ3) is 55.2. The van der Waals surface area contributed by atoms with Crippen LogP contribution in [0.1, 0.15) is 258 Å². The highest BCUT2D eigenvalue weighted by molar-refractivity contribution is 5.70. The Hall–Kier alpha value is -3.44. The first-order valence-electron chi connectivity index (χ1n) is 28.4. The molecule has 5 nitrogen and oxygen atoms in total. The minimum Gasteiger partial charge on any atom is -0.462 e. The van der Waals surface area contributed by atoms with Crippen molar-refractivity contribution in [3.8, 4) is 0 Å². The van der Waals surface area contributed by atoms with E-state index >= 15 is 0 Å². The van der Waals surface area contributed by atoms with Gasteiger partial charge in [0, 0.05) is 12.8 Å². The molecule has 1 unspecified atom stereocenters. The molecule has 0 amide bonds. The van der Waals surface area contributed by atoms with Gasteiger partial charge in [0.1, 0.15) is 6.61 Å². The third-order valence-electron chi connectivity index (χ3n) is 12.1. The zero-order valence-electron chi connectivity index (χ0n) is 44.3. The predicted molar refractivity (Wildman–Crippen MR) is 297 cm³/mol. The predicted octanol–water partition coefficient (Wildman–Crippen LogP) is 19.3. The molecule has 0 saturated heterocycles. The van der Waals surface area contributed by atoms with Crippen LogP contribution in [0.15, 0.2) is 109 Å². The lowest BCUT2D eigenvalue weighted by molar-refractivity contribution is -0.161. The van der Waals surface area contributed by atoms with Crippen molar-refractivity contribution < 1.29 is 24.2 Å². The zero-order chi connectivity index (χ0) is 49.2. The van der Waals surface area contributed by atoms with Crippen LogP contribution >= 0.6 is 0 Å². The Morgan fingerprint density at radius 3 is 0.971 bits per heavy atom. The maximum atomic E-state index is 12.3. The number of allylic oxidation sites excluding steroid dienone is 18. The summed E-state index contributed by atoms with van der Waals surface area (Å²) < 4.78 is 10.7. The van der Waals surface area contributed by atoms with Gasteiger partial charge in [0.2, 0.25) is 0 Å². The molecule has 1 N–H and O–H groups in total. The molecule has 68 heavy (non-hydrogen) atoms. The van der Waals surface area contributed by atoms with E-state index in [1.165, 1.54) is 135 Å². The van der Waals surface area contributed by atoms with Crippen LogP contribution in [0.5, 0.6) is 0 Å². The minimum absolute atomic E-state index is 0.0844. The topological polar surface area (TPSA) is 72.8 Å². The Bertz CT molecular complexity index is 1340. The molecule has 0 aromatic heterocycles. The van der Waals surface area contributed by atoms with Crippen LogP contribution in [0.3, 0.4) is 0 Å². The summed E-state index contributed by atoms with van der Waals surface area (Å²) >= 11 is 0. The molecule has 0 aromatic rings. The molecule has 0 heterocycles. The van der Waals surface area contributed by atoms with Crippen molar-refractivity contribution in [1.82, 2.24) is 0 Å². The number of ether oxygens (including phenoxy) is 2. The van der Waals surface area contributed by atoms with Gasteiger partial charge < -0.3 is 14.6 Å². The number of carbonyl (C=O) groups is 2. The van der Waals surface area contributed by atoms with Crippen LogP contribution in [0.25, 0.3) is 0 Å². The Labute approximate surface area is 421 Å². The second kappa shape index (κ2) is 57.9. The Morgan fingerprint density at radius 1 is 0.353 bits per heavy atom. The van der Waals surface area contributed by atoms with Crippen LogP contribution in [0.2, 0.25) is 0 Å². The molecule has 0 saturated carbocycles. The van der Waals surface area contributed by atoms with Gasteiger partial charge in [-0.1, -0.05) is 252 Å². The molecule has 0 spiro atoms. The van der Waals surface area contributed by atoms with Crippen molar-refractivity contribution in [2.45, 2.75) is 264 Å². The number of rotatable bonds is 51. The molecule has 0 rings (SSSR count). The highest BCUT2D eigenvalue weighted by Crippen LogP contribution is 2.16. The first-order chi connectivity index (χ1) is 33.6. The van der Waals surface area contributed by atoms with E-state index in [1.54, 1.807) is 0 Å².